The first-order chi connectivity index (χ1) is 29.3. The smallest absolute Gasteiger partial charge is 0.0540 e. The molecular weight excluding hydrogens is 723 g/mol. The van der Waals surface area contributed by atoms with E-state index in [1.54, 1.807) is 0 Å². The van der Waals surface area contributed by atoms with Crippen molar-refractivity contribution in [2.24, 2.45) is 0 Å². The van der Waals surface area contributed by atoms with Gasteiger partial charge in [-0.05, 0) is 134 Å². The summed E-state index contributed by atoms with van der Waals surface area (Å²) in [4.78, 5) is 2.48. The first-order valence-electron chi connectivity index (χ1n) is 21.0. The summed E-state index contributed by atoms with van der Waals surface area (Å²) in [7, 11) is 0. The largest absolute Gasteiger partial charge is 0.310 e. The van der Waals surface area contributed by atoms with Gasteiger partial charge in [-0.1, -0.05) is 190 Å². The number of rotatable bonds is 8. The molecule has 288 valence electrons. The van der Waals surface area contributed by atoms with Crippen LogP contribution in [0.25, 0.3) is 66.8 Å². The molecule has 1 aliphatic carbocycles. The van der Waals surface area contributed by atoms with Crippen LogP contribution in [0.3, 0.4) is 0 Å². The molecule has 0 heterocycles. The average molecular weight is 770 g/mol. The Hall–Kier alpha value is -7.22. The van der Waals surface area contributed by atoms with Gasteiger partial charge in [-0.3, -0.25) is 0 Å². The number of benzene rings is 9. The molecule has 0 radical (unpaired) electrons. The zero-order chi connectivity index (χ0) is 40.8. The topological polar surface area (TPSA) is 3.24 Å². The highest BCUT2D eigenvalue weighted by Gasteiger charge is 2.36. The summed E-state index contributed by atoms with van der Waals surface area (Å²) < 4.78 is 0. The minimum atomic E-state index is -0.135. The van der Waals surface area contributed by atoms with Crippen molar-refractivity contribution in [3.05, 3.63) is 235 Å². The lowest BCUT2D eigenvalue weighted by atomic mass is 9.82. The van der Waals surface area contributed by atoms with Crippen LogP contribution >= 0.6 is 0 Å². The first-order valence-corrected chi connectivity index (χ1v) is 21.0. The molecule has 9 aromatic carbocycles. The summed E-state index contributed by atoms with van der Waals surface area (Å²) in [5.41, 5.74) is 23.3. The molecule has 0 unspecified atom stereocenters. The Morgan fingerprint density at radius 1 is 0.317 bits per heavy atom. The third kappa shape index (κ3) is 6.53. The van der Waals surface area contributed by atoms with E-state index in [4.69, 9.17) is 0 Å². The van der Waals surface area contributed by atoms with E-state index in [-0.39, 0.29) is 5.41 Å². The minimum Gasteiger partial charge on any atom is -0.310 e. The zero-order valence-electron chi connectivity index (χ0n) is 34.7. The predicted octanol–water partition coefficient (Wildman–Crippen LogP) is 16.4. The lowest BCUT2D eigenvalue weighted by Gasteiger charge is -2.31. The number of hydrogen-bond acceptors (Lipinski definition) is 1. The van der Waals surface area contributed by atoms with Crippen molar-refractivity contribution in [3.8, 4) is 66.8 Å². The molecule has 0 bridgehead atoms. The second-order valence-electron chi connectivity index (χ2n) is 16.6. The zero-order valence-corrected chi connectivity index (χ0v) is 34.7. The Morgan fingerprint density at radius 2 is 0.783 bits per heavy atom. The fourth-order valence-corrected chi connectivity index (χ4v) is 9.49. The van der Waals surface area contributed by atoms with Gasteiger partial charge in [0.25, 0.3) is 0 Å². The van der Waals surface area contributed by atoms with Gasteiger partial charge >= 0.3 is 0 Å². The second-order valence-corrected chi connectivity index (χ2v) is 16.6. The van der Waals surface area contributed by atoms with Crippen LogP contribution in [-0.4, -0.2) is 0 Å². The second kappa shape index (κ2) is 15.2. The Bertz CT molecular complexity index is 2970. The van der Waals surface area contributed by atoms with E-state index in [0.717, 1.165) is 17.1 Å². The molecule has 0 spiro atoms. The van der Waals surface area contributed by atoms with Gasteiger partial charge in [0.15, 0.2) is 0 Å². The highest BCUT2D eigenvalue weighted by molar-refractivity contribution is 5.94. The SMILES string of the molecule is Cc1cccc(C)c1-c1cc(-c2ccc(-c3ccccc3)cc2)ccc1N(c1ccc(-c2ccccc2-c2ccccc2)cc1)c1ccc2c(c1)C(C)(C)c1ccccc1-2. The van der Waals surface area contributed by atoms with Crippen molar-refractivity contribution in [2.75, 3.05) is 4.90 Å². The van der Waals surface area contributed by atoms with Crippen molar-refractivity contribution in [2.45, 2.75) is 33.1 Å². The van der Waals surface area contributed by atoms with Crippen LogP contribution in [0.15, 0.2) is 212 Å². The minimum absolute atomic E-state index is 0.135. The fraction of sp³-hybridized carbons (Fsp3) is 0.0847. The normalized spacial score (nSPS) is 12.5. The number of aryl methyl sites for hydroxylation is 2. The van der Waals surface area contributed by atoms with E-state index in [9.17, 15) is 0 Å². The van der Waals surface area contributed by atoms with Gasteiger partial charge in [0, 0.05) is 22.4 Å². The summed E-state index contributed by atoms with van der Waals surface area (Å²) in [6.45, 7) is 9.22. The molecule has 1 heteroatoms. The van der Waals surface area contributed by atoms with Crippen molar-refractivity contribution in [1.29, 1.82) is 0 Å². The first kappa shape index (κ1) is 37.1. The standard InChI is InChI=1S/C59H47N/c1-40-16-15-17-41(2)58(40)54-38-47(44-28-26-43(27-29-44)42-18-7-5-8-19-42)32-37-57(54)60(49-35-36-53-52-24-13-14-25-55(52)59(3,4)56(53)39-49)48-33-30-46(31-34-48)51-23-12-11-22-50(51)45-20-9-6-10-21-45/h5-39H,1-4H3. The quantitative estimate of drug-likeness (QED) is 0.149. The Morgan fingerprint density at radius 3 is 1.43 bits per heavy atom. The molecule has 1 aliphatic rings. The molecule has 0 aliphatic heterocycles. The molecule has 0 fully saturated rings. The van der Waals surface area contributed by atoms with Gasteiger partial charge in [0.05, 0.1) is 5.69 Å². The Kier molecular flexibility index (Phi) is 9.38. The van der Waals surface area contributed by atoms with Crippen molar-refractivity contribution in [3.63, 3.8) is 0 Å². The van der Waals surface area contributed by atoms with Crippen molar-refractivity contribution < 1.29 is 0 Å². The summed E-state index contributed by atoms with van der Waals surface area (Å²) >= 11 is 0. The maximum Gasteiger partial charge on any atom is 0.0540 e. The molecule has 1 nitrogen and oxygen atoms in total. The van der Waals surface area contributed by atoms with Crippen LogP contribution in [0.2, 0.25) is 0 Å². The van der Waals surface area contributed by atoms with E-state index in [2.05, 4.69) is 245 Å². The number of fused-ring (bicyclic) bond motifs is 3. The van der Waals surface area contributed by atoms with Crippen molar-refractivity contribution in [1.82, 2.24) is 0 Å². The number of hydrogen-bond donors (Lipinski definition) is 0. The van der Waals surface area contributed by atoms with Gasteiger partial charge < -0.3 is 4.90 Å². The highest BCUT2D eigenvalue weighted by Crippen LogP contribution is 2.52. The van der Waals surface area contributed by atoms with E-state index in [0.29, 0.717) is 0 Å². The highest BCUT2D eigenvalue weighted by atomic mass is 15.1. The van der Waals surface area contributed by atoms with E-state index in [1.807, 2.05) is 0 Å². The third-order valence-electron chi connectivity index (χ3n) is 12.6. The van der Waals surface area contributed by atoms with Crippen LogP contribution in [0.1, 0.15) is 36.1 Å². The van der Waals surface area contributed by atoms with Gasteiger partial charge in [-0.2, -0.15) is 0 Å². The van der Waals surface area contributed by atoms with Crippen LogP contribution < -0.4 is 4.90 Å². The van der Waals surface area contributed by atoms with Crippen LogP contribution in [0.4, 0.5) is 17.1 Å². The Balaban J connectivity index is 1.16. The van der Waals surface area contributed by atoms with Gasteiger partial charge in [-0.25, -0.2) is 0 Å². The van der Waals surface area contributed by atoms with E-state index in [1.165, 1.54) is 89.0 Å². The summed E-state index contributed by atoms with van der Waals surface area (Å²) in [5, 5.41) is 0. The molecule has 10 rings (SSSR count). The van der Waals surface area contributed by atoms with Crippen LogP contribution in [0, 0.1) is 13.8 Å². The summed E-state index contributed by atoms with van der Waals surface area (Å²) in [5.74, 6) is 0. The molecule has 0 N–H and O–H groups in total. The molecule has 60 heavy (non-hydrogen) atoms. The maximum absolute atomic E-state index is 2.48. The van der Waals surface area contributed by atoms with Gasteiger partial charge in [0.2, 0.25) is 0 Å². The Labute approximate surface area is 354 Å². The van der Waals surface area contributed by atoms with E-state index >= 15 is 0 Å². The van der Waals surface area contributed by atoms with Crippen molar-refractivity contribution >= 4 is 17.1 Å². The molecule has 0 saturated carbocycles. The van der Waals surface area contributed by atoms with Gasteiger partial charge in [-0.15, -0.1) is 0 Å². The molecular formula is C59H47N. The number of anilines is 3. The predicted molar refractivity (Wildman–Crippen MR) is 255 cm³/mol. The molecule has 0 saturated heterocycles. The van der Waals surface area contributed by atoms with Crippen LogP contribution in [0.5, 0.6) is 0 Å². The van der Waals surface area contributed by atoms with Gasteiger partial charge in [0.1, 0.15) is 0 Å². The number of nitrogens with zero attached hydrogens (tertiary/aromatic N) is 1. The molecule has 0 atom stereocenters. The fourth-order valence-electron chi connectivity index (χ4n) is 9.49. The third-order valence-corrected chi connectivity index (χ3v) is 12.6. The average Bonchev–Trinajstić information content (AvgIpc) is 3.53. The van der Waals surface area contributed by atoms with Crippen LogP contribution in [-0.2, 0) is 5.41 Å². The molecule has 0 amide bonds. The maximum atomic E-state index is 2.48. The summed E-state index contributed by atoms with van der Waals surface area (Å²) in [6.07, 6.45) is 0. The lowest BCUT2D eigenvalue weighted by Crippen LogP contribution is -2.17. The monoisotopic (exact) mass is 769 g/mol. The molecule has 9 aromatic rings. The van der Waals surface area contributed by atoms with E-state index < -0.39 is 0 Å². The summed E-state index contributed by atoms with van der Waals surface area (Å²) in [6, 6.07) is 77.9. The lowest BCUT2D eigenvalue weighted by molar-refractivity contribution is 0.660. The molecule has 0 aromatic heterocycles.